The number of ether oxygens (including phenoxy) is 4. The van der Waals surface area contributed by atoms with Crippen molar-refractivity contribution in [3.63, 3.8) is 0 Å². The van der Waals surface area contributed by atoms with Crippen LogP contribution >= 0.6 is 0 Å². The van der Waals surface area contributed by atoms with Crippen molar-refractivity contribution in [3.05, 3.63) is 244 Å². The minimum Gasteiger partial charge on any atom is -0.444 e. The van der Waals surface area contributed by atoms with E-state index in [9.17, 15) is 38.7 Å². The second kappa shape index (κ2) is 50.4. The van der Waals surface area contributed by atoms with Gasteiger partial charge < -0.3 is 65.3 Å². The lowest BCUT2D eigenvalue weighted by molar-refractivity contribution is -0.253. The number of rotatable bonds is 27. The molecule has 4 aliphatic heterocycles. The Balaban J connectivity index is 0.000000201. The van der Waals surface area contributed by atoms with Crippen LogP contribution in [0.3, 0.4) is 0 Å². The van der Waals surface area contributed by atoms with E-state index in [4.69, 9.17) is 18.9 Å². The van der Waals surface area contributed by atoms with Crippen LogP contribution in [0.2, 0.25) is 0 Å². The average Bonchev–Trinajstić information content (AvgIpc) is 0.756. The molecular weight excluding hydrogens is 1700 g/mol. The van der Waals surface area contributed by atoms with Crippen LogP contribution in [0.4, 0.5) is 31.9 Å². The Hall–Kier alpha value is -11.2. The molecule has 134 heavy (non-hydrogen) atoms. The molecule has 0 spiro atoms. The van der Waals surface area contributed by atoms with Gasteiger partial charge in [0, 0.05) is 133 Å². The SMILES string of the molecule is CC(=O)NCC/C=C(\c1cccc(F)c1-c1cccc(C)c1)[C@@H]1CCCN(C(=O)OC(C)(C)C)C1.CC(=O)NCCC[C@@H](c1cccc(F)c1-c1cccc(C)c1)[C@@H]1CCCN(C(=O)OC(C)(C)C)C1.CC(=O)NCCC[C@@H](c1cccc(F)c1-c1cccc(C)c1)[C@@H]1CCCNC1.CC(=O)NCCO[C@@](O)(c1cccc(F)c1-c1cccc(C)c1)[C@@H]1CCCN(C(=O)OC(C)(C)C)C1. The molecule has 4 heterocycles. The predicted octanol–water partition coefficient (Wildman–Crippen LogP) is 22.4. The van der Waals surface area contributed by atoms with Crippen LogP contribution in [0.15, 0.2) is 176 Å². The number of nitrogens with one attached hydrogen (secondary N) is 5. The lowest BCUT2D eigenvalue weighted by Gasteiger charge is -2.43. The van der Waals surface area contributed by atoms with Gasteiger partial charge in [-0.3, -0.25) is 19.2 Å². The van der Waals surface area contributed by atoms with Crippen LogP contribution in [0.25, 0.3) is 50.1 Å². The molecule has 4 saturated heterocycles. The zero-order chi connectivity index (χ0) is 97.6. The number of hydrogen-bond acceptors (Lipinski definition) is 13. The summed E-state index contributed by atoms with van der Waals surface area (Å²) in [5.41, 5.74) is 12.1. The molecule has 7 amide bonds. The summed E-state index contributed by atoms with van der Waals surface area (Å²) in [4.78, 5) is 88.9. The number of halogens is 4. The van der Waals surface area contributed by atoms with E-state index in [1.807, 2.05) is 172 Å². The first-order valence-corrected chi connectivity index (χ1v) is 47.7. The van der Waals surface area contributed by atoms with Crippen molar-refractivity contribution in [1.29, 1.82) is 0 Å². The fourth-order valence-electron chi connectivity index (χ4n) is 18.5. The Morgan fingerprint density at radius 3 is 1.28 bits per heavy atom. The fourth-order valence-corrected chi connectivity index (χ4v) is 18.5. The maximum absolute atomic E-state index is 15.3. The molecule has 0 saturated carbocycles. The zero-order valence-electron chi connectivity index (χ0n) is 81.9. The van der Waals surface area contributed by atoms with Gasteiger partial charge >= 0.3 is 18.3 Å². The van der Waals surface area contributed by atoms with Gasteiger partial charge in [0.05, 0.1) is 6.61 Å². The summed E-state index contributed by atoms with van der Waals surface area (Å²) in [6.07, 6.45) is 12.0. The summed E-state index contributed by atoms with van der Waals surface area (Å²) >= 11 is 0. The molecule has 4 fully saturated rings. The molecule has 6 N–H and O–H groups in total. The molecule has 12 rings (SSSR count). The fraction of sp³-hybridized carbons (Fsp3) is 0.482. The molecule has 4 aliphatic rings. The second-order valence-corrected chi connectivity index (χ2v) is 39.1. The molecule has 7 atom stereocenters. The first-order valence-electron chi connectivity index (χ1n) is 47.7. The Morgan fingerprint density at radius 1 is 0.440 bits per heavy atom. The van der Waals surface area contributed by atoms with Crippen molar-refractivity contribution in [1.82, 2.24) is 41.3 Å². The minimum atomic E-state index is -1.92. The smallest absolute Gasteiger partial charge is 0.410 e. The minimum absolute atomic E-state index is 0.00193. The lowest BCUT2D eigenvalue weighted by atomic mass is 9.76. The molecule has 8 aromatic rings. The summed E-state index contributed by atoms with van der Waals surface area (Å²) in [5, 5.41) is 26.9. The van der Waals surface area contributed by atoms with Gasteiger partial charge in [-0.05, 0) is 279 Å². The average molecular weight is 1850 g/mol. The number of likely N-dealkylation sites (tertiary alicyclic amines) is 3. The molecule has 20 nitrogen and oxygen atoms in total. The number of benzene rings is 8. The van der Waals surface area contributed by atoms with Gasteiger partial charge in [0.25, 0.3) is 0 Å². The van der Waals surface area contributed by atoms with Gasteiger partial charge in [0.15, 0.2) is 5.79 Å². The summed E-state index contributed by atoms with van der Waals surface area (Å²) < 4.78 is 83.9. The van der Waals surface area contributed by atoms with Crippen LogP contribution < -0.4 is 26.6 Å². The normalized spacial score (nSPS) is 17.4. The Kier molecular flexibility index (Phi) is 40.0. The standard InChI is InChI=1S/C29H39FN2O3.C29H37FN2O3.C28H37FN2O5.C24H31FN2O/c2*1-20-10-6-11-22(18-20)27-25(13-7-15-26(27)30)24(14-8-16-31-21(2)33)23-12-9-17-32(19-23)28(34)35-29(3,4)5;1-19-9-6-10-21(17-19)25-23(12-7-13-24(25)29)28(34,35-16-14-30-20(2)32)22-11-8-15-31(18-22)26(33)36-27(3,4)5;1-17-7-3-8-19(15-17)24-22(10-4-12-23(24)25)21(11-6-14-27-18(2)28)20-9-5-13-26-16-20/h6-7,10-11,13,15,18,23-24H,8-9,12,14,16-17,19H2,1-5H3,(H,31,33);6-7,10-11,13-15,18,23H,8-9,12,16-17,19H2,1-5H3,(H,31,33);6-7,9-10,12-13,17,22,34H,8,11,14-16,18H2,1-5H3,(H,30,32);3-4,7-8,10,12,15,20-21,26H,5-6,9,11,13-14,16H2,1-2H3,(H,27,28)/b;24-14-;;/t23-,24-;23-;22-,28-;20-,21-/m1111/s1. The summed E-state index contributed by atoms with van der Waals surface area (Å²) in [7, 11) is 0. The maximum Gasteiger partial charge on any atom is 0.410 e. The number of nitrogens with zero attached hydrogens (tertiary/aromatic N) is 3. The van der Waals surface area contributed by atoms with Crippen molar-refractivity contribution in [2.75, 3.05) is 85.1 Å². The molecule has 0 aliphatic carbocycles. The molecule has 0 bridgehead atoms. The molecule has 0 aromatic heterocycles. The van der Waals surface area contributed by atoms with E-state index < -0.39 is 40.4 Å². The van der Waals surface area contributed by atoms with Crippen LogP contribution in [0.1, 0.15) is 230 Å². The largest absolute Gasteiger partial charge is 0.444 e. The van der Waals surface area contributed by atoms with Crippen molar-refractivity contribution in [3.8, 4) is 44.5 Å². The van der Waals surface area contributed by atoms with E-state index in [0.717, 1.165) is 144 Å². The highest BCUT2D eigenvalue weighted by atomic mass is 19.1. The molecule has 724 valence electrons. The summed E-state index contributed by atoms with van der Waals surface area (Å²) in [5.74, 6) is -2.99. The van der Waals surface area contributed by atoms with Gasteiger partial charge in [-0.25, -0.2) is 31.9 Å². The van der Waals surface area contributed by atoms with Crippen LogP contribution in [0.5, 0.6) is 0 Å². The first kappa shape index (κ1) is 106. The lowest BCUT2D eigenvalue weighted by Crippen LogP contribution is -2.51. The summed E-state index contributed by atoms with van der Waals surface area (Å²) in [6.45, 7) is 37.5. The number of carbonyl (C=O) groups is 7. The van der Waals surface area contributed by atoms with Crippen molar-refractivity contribution >= 4 is 47.5 Å². The zero-order valence-corrected chi connectivity index (χ0v) is 81.9. The van der Waals surface area contributed by atoms with E-state index >= 15 is 17.6 Å². The van der Waals surface area contributed by atoms with Gasteiger partial charge in [0.2, 0.25) is 23.6 Å². The number of carbonyl (C=O) groups excluding carboxylic acids is 7. The van der Waals surface area contributed by atoms with Crippen molar-refractivity contribution in [2.24, 2.45) is 23.7 Å². The van der Waals surface area contributed by atoms with Crippen LogP contribution in [-0.2, 0) is 43.9 Å². The number of piperidine rings is 4. The maximum atomic E-state index is 15.3. The number of hydrogen-bond donors (Lipinski definition) is 6. The highest BCUT2D eigenvalue weighted by Gasteiger charge is 2.46. The van der Waals surface area contributed by atoms with Gasteiger partial charge in [-0.2, -0.15) is 0 Å². The molecular formula is C110H144F4N8O12. The third-order valence-corrected chi connectivity index (χ3v) is 24.4. The van der Waals surface area contributed by atoms with Gasteiger partial charge in [-0.1, -0.05) is 174 Å². The Labute approximate surface area is 792 Å². The van der Waals surface area contributed by atoms with Gasteiger partial charge in [0.1, 0.15) is 40.1 Å². The third kappa shape index (κ3) is 32.5. The van der Waals surface area contributed by atoms with E-state index in [0.29, 0.717) is 94.2 Å². The van der Waals surface area contributed by atoms with Crippen LogP contribution in [0, 0.1) is 74.6 Å². The molecule has 8 aromatic carbocycles. The van der Waals surface area contributed by atoms with Crippen LogP contribution in [-0.4, -0.2) is 164 Å². The van der Waals surface area contributed by atoms with E-state index in [2.05, 4.69) is 44.8 Å². The molecule has 24 heteroatoms. The number of aliphatic hydroxyl groups is 1. The quantitative estimate of drug-likeness (QED) is 0.0122. The van der Waals surface area contributed by atoms with E-state index in [1.54, 1.807) is 78.8 Å². The predicted molar refractivity (Wildman–Crippen MR) is 525 cm³/mol. The monoisotopic (exact) mass is 1850 g/mol. The van der Waals surface area contributed by atoms with Gasteiger partial charge in [-0.15, -0.1) is 0 Å². The third-order valence-electron chi connectivity index (χ3n) is 24.4. The van der Waals surface area contributed by atoms with E-state index in [-0.39, 0.29) is 108 Å². The topological polar surface area (TPSA) is 247 Å². The van der Waals surface area contributed by atoms with Crippen molar-refractivity contribution in [2.45, 2.75) is 236 Å². The van der Waals surface area contributed by atoms with E-state index in [1.165, 1.54) is 39.0 Å². The highest BCUT2D eigenvalue weighted by molar-refractivity contribution is 5.84. The van der Waals surface area contributed by atoms with Crippen molar-refractivity contribution < 1.29 is 75.2 Å². The number of aryl methyl sites for hydroxylation is 4. The second-order valence-electron chi connectivity index (χ2n) is 39.1. The molecule has 0 radical (unpaired) electrons. The molecule has 0 unspecified atom stereocenters. The Bertz CT molecular complexity index is 5290. The first-order chi connectivity index (χ1) is 63.6. The highest BCUT2D eigenvalue weighted by Crippen LogP contribution is 2.47. The number of amides is 7. The summed E-state index contributed by atoms with van der Waals surface area (Å²) in [6, 6.07) is 51.8. The Morgan fingerprint density at radius 2 is 0.821 bits per heavy atom.